The van der Waals surface area contributed by atoms with E-state index < -0.39 is 11.9 Å². The highest BCUT2D eigenvalue weighted by Crippen LogP contribution is 2.34. The van der Waals surface area contributed by atoms with Gasteiger partial charge in [-0.1, -0.05) is 84.5 Å². The molecule has 0 N–H and O–H groups in total. The van der Waals surface area contributed by atoms with Crippen LogP contribution in [0.25, 0.3) is 0 Å². The average molecular weight is 574 g/mol. The minimum absolute atomic E-state index is 0.223. The van der Waals surface area contributed by atoms with Gasteiger partial charge in [-0.25, -0.2) is 9.59 Å². The van der Waals surface area contributed by atoms with Crippen molar-refractivity contribution < 1.29 is 19.1 Å². The smallest absolute Gasteiger partial charge is 0.345 e. The molecule has 0 aliphatic carbocycles. The van der Waals surface area contributed by atoms with Gasteiger partial charge in [0.1, 0.15) is 11.5 Å². The van der Waals surface area contributed by atoms with Crippen LogP contribution in [0.15, 0.2) is 84.9 Å². The van der Waals surface area contributed by atoms with Crippen molar-refractivity contribution in [1.29, 1.82) is 0 Å². The molecule has 4 aromatic rings. The van der Waals surface area contributed by atoms with Crippen molar-refractivity contribution in [1.82, 2.24) is 0 Å². The maximum atomic E-state index is 12.5. The van der Waals surface area contributed by atoms with E-state index in [9.17, 15) is 9.59 Å². The molecule has 0 fully saturated rings. The van der Waals surface area contributed by atoms with Crippen molar-refractivity contribution in [3.05, 3.63) is 127 Å². The van der Waals surface area contributed by atoms with Crippen molar-refractivity contribution >= 4 is 58.3 Å². The van der Waals surface area contributed by atoms with Gasteiger partial charge < -0.3 is 9.47 Å². The molecule has 0 bridgehead atoms. The topological polar surface area (TPSA) is 52.6 Å². The van der Waals surface area contributed by atoms with E-state index in [0.717, 1.165) is 11.1 Å². The maximum Gasteiger partial charge on any atom is 0.345 e. The van der Waals surface area contributed by atoms with Crippen LogP contribution >= 0.6 is 46.4 Å². The molecular formula is C29H20Cl4O4. The summed E-state index contributed by atoms with van der Waals surface area (Å²) in [5, 5.41) is 1.32. The van der Waals surface area contributed by atoms with Gasteiger partial charge in [0.2, 0.25) is 0 Å². The number of carbonyl (C=O) groups excluding carboxylic acids is 2. The van der Waals surface area contributed by atoms with Crippen molar-refractivity contribution in [2.45, 2.75) is 19.3 Å². The van der Waals surface area contributed by atoms with Gasteiger partial charge in [0.05, 0.1) is 21.2 Å². The molecule has 0 unspecified atom stereocenters. The summed E-state index contributed by atoms with van der Waals surface area (Å²) in [6.07, 6.45) is 0. The molecule has 4 nitrogen and oxygen atoms in total. The van der Waals surface area contributed by atoms with Crippen molar-refractivity contribution in [3.8, 4) is 11.5 Å². The fourth-order valence-corrected chi connectivity index (χ4v) is 4.65. The first-order chi connectivity index (χ1) is 17.5. The Morgan fingerprint density at radius 3 is 1.24 bits per heavy atom. The minimum Gasteiger partial charge on any atom is -0.423 e. The number of benzene rings is 4. The van der Waals surface area contributed by atoms with Gasteiger partial charge in [-0.2, -0.15) is 0 Å². The Morgan fingerprint density at radius 1 is 0.568 bits per heavy atom. The van der Waals surface area contributed by atoms with Crippen LogP contribution < -0.4 is 9.47 Å². The first-order valence-electron chi connectivity index (χ1n) is 11.1. The molecule has 0 spiro atoms. The number of hydrogen-bond donors (Lipinski definition) is 0. The Balaban J connectivity index is 1.45. The van der Waals surface area contributed by atoms with E-state index in [-0.39, 0.29) is 26.6 Å². The lowest BCUT2D eigenvalue weighted by Gasteiger charge is -2.26. The molecule has 0 atom stereocenters. The Bertz CT molecular complexity index is 1350. The first-order valence-corrected chi connectivity index (χ1v) is 12.6. The molecule has 0 aliphatic rings. The van der Waals surface area contributed by atoms with Crippen LogP contribution in [0.5, 0.6) is 11.5 Å². The molecule has 0 heterocycles. The number of carbonyl (C=O) groups is 2. The zero-order chi connectivity index (χ0) is 26.7. The molecule has 0 radical (unpaired) electrons. The van der Waals surface area contributed by atoms with Gasteiger partial charge in [0, 0.05) is 15.5 Å². The fourth-order valence-electron chi connectivity index (χ4n) is 3.68. The zero-order valence-corrected chi connectivity index (χ0v) is 22.8. The maximum absolute atomic E-state index is 12.5. The lowest BCUT2D eigenvalue weighted by Crippen LogP contribution is -2.19. The van der Waals surface area contributed by atoms with Crippen LogP contribution in [0.1, 0.15) is 45.7 Å². The van der Waals surface area contributed by atoms with E-state index in [2.05, 4.69) is 13.8 Å². The summed E-state index contributed by atoms with van der Waals surface area (Å²) in [7, 11) is 0. The molecule has 0 amide bonds. The third-order valence-corrected chi connectivity index (χ3v) is 6.97. The molecule has 0 aliphatic heterocycles. The van der Waals surface area contributed by atoms with Gasteiger partial charge in [-0.15, -0.1) is 0 Å². The lowest BCUT2D eigenvalue weighted by molar-refractivity contribution is 0.0725. The van der Waals surface area contributed by atoms with Gasteiger partial charge in [0.15, 0.2) is 0 Å². The highest BCUT2D eigenvalue weighted by atomic mass is 35.5. The van der Waals surface area contributed by atoms with E-state index >= 15 is 0 Å². The fraction of sp³-hybridized carbons (Fsp3) is 0.103. The summed E-state index contributed by atoms with van der Waals surface area (Å²) in [6, 6.07) is 23.7. The average Bonchev–Trinajstić information content (AvgIpc) is 2.84. The van der Waals surface area contributed by atoms with Crippen LogP contribution in [-0.2, 0) is 5.41 Å². The SMILES string of the molecule is CC(C)(c1ccc(OC(=O)c2ccc(Cl)cc2Cl)cc1)c1ccc(OC(=O)c2ccc(Cl)cc2Cl)cc1. The summed E-state index contributed by atoms with van der Waals surface area (Å²) in [5.41, 5.74) is 2.07. The van der Waals surface area contributed by atoms with Crippen LogP contribution in [-0.4, -0.2) is 11.9 Å². The molecule has 4 aromatic carbocycles. The summed E-state index contributed by atoms with van der Waals surface area (Å²) in [4.78, 5) is 25.0. The number of halogens is 4. The summed E-state index contributed by atoms with van der Waals surface area (Å²) < 4.78 is 10.9. The van der Waals surface area contributed by atoms with Crippen molar-refractivity contribution in [2.75, 3.05) is 0 Å². The molecule has 0 saturated carbocycles. The standard InChI is InChI=1S/C29H20Cl4O4/c1-29(2,17-3-9-21(10-4-17)36-27(34)23-13-7-19(30)15-25(23)32)18-5-11-22(12-6-18)37-28(35)24-14-8-20(31)16-26(24)33/h3-16H,1-2H3. The minimum atomic E-state index is -0.571. The third kappa shape index (κ3) is 6.28. The second-order valence-electron chi connectivity index (χ2n) is 8.70. The number of ether oxygens (including phenoxy) is 2. The normalized spacial score (nSPS) is 11.2. The molecule has 8 heteroatoms. The van der Waals surface area contributed by atoms with E-state index in [1.807, 2.05) is 24.3 Å². The summed E-state index contributed by atoms with van der Waals surface area (Å²) >= 11 is 24.0. The Hall–Kier alpha value is -3.02. The Morgan fingerprint density at radius 2 is 0.919 bits per heavy atom. The molecule has 0 saturated heterocycles. The van der Waals surface area contributed by atoms with E-state index in [0.29, 0.717) is 21.5 Å². The number of rotatable bonds is 6. The van der Waals surface area contributed by atoms with Gasteiger partial charge in [0.25, 0.3) is 0 Å². The van der Waals surface area contributed by atoms with Gasteiger partial charge in [-0.05, 0) is 71.8 Å². The number of esters is 2. The van der Waals surface area contributed by atoms with Gasteiger partial charge >= 0.3 is 11.9 Å². The second-order valence-corrected chi connectivity index (χ2v) is 10.4. The zero-order valence-electron chi connectivity index (χ0n) is 19.7. The molecule has 188 valence electrons. The van der Waals surface area contributed by atoms with Crippen molar-refractivity contribution in [2.24, 2.45) is 0 Å². The monoisotopic (exact) mass is 572 g/mol. The van der Waals surface area contributed by atoms with E-state index in [1.165, 1.54) is 24.3 Å². The van der Waals surface area contributed by atoms with E-state index in [4.69, 9.17) is 55.9 Å². The largest absolute Gasteiger partial charge is 0.423 e. The highest BCUT2D eigenvalue weighted by Gasteiger charge is 2.24. The van der Waals surface area contributed by atoms with E-state index in [1.54, 1.807) is 36.4 Å². The lowest BCUT2D eigenvalue weighted by atomic mass is 9.78. The van der Waals surface area contributed by atoms with Crippen LogP contribution in [0, 0.1) is 0 Å². The highest BCUT2D eigenvalue weighted by molar-refractivity contribution is 6.37. The molecule has 37 heavy (non-hydrogen) atoms. The quantitative estimate of drug-likeness (QED) is 0.170. The molecule has 0 aromatic heterocycles. The predicted octanol–water partition coefficient (Wildman–Crippen LogP) is 9.06. The summed E-state index contributed by atoms with van der Waals surface area (Å²) in [6.45, 7) is 4.13. The first kappa shape index (κ1) is 27.0. The number of hydrogen-bond acceptors (Lipinski definition) is 4. The molecule has 4 rings (SSSR count). The molecular weight excluding hydrogens is 554 g/mol. The van der Waals surface area contributed by atoms with Gasteiger partial charge in [-0.3, -0.25) is 0 Å². The van der Waals surface area contributed by atoms with Crippen molar-refractivity contribution in [3.63, 3.8) is 0 Å². The third-order valence-electron chi connectivity index (χ3n) is 5.88. The van der Waals surface area contributed by atoms with Crippen LogP contribution in [0.2, 0.25) is 20.1 Å². The Labute approximate surface area is 234 Å². The summed E-state index contributed by atoms with van der Waals surface area (Å²) in [5.74, 6) is -0.366. The Kier molecular flexibility index (Phi) is 8.15. The van der Waals surface area contributed by atoms with Crippen LogP contribution in [0.3, 0.4) is 0 Å². The van der Waals surface area contributed by atoms with Crippen LogP contribution in [0.4, 0.5) is 0 Å². The second kappa shape index (κ2) is 11.2. The predicted molar refractivity (Wildman–Crippen MR) is 148 cm³/mol.